The third-order valence-electron chi connectivity index (χ3n) is 6.49. The van der Waals surface area contributed by atoms with Crippen LogP contribution in [0.5, 0.6) is 0 Å². The quantitative estimate of drug-likeness (QED) is 0.0426. The summed E-state index contributed by atoms with van der Waals surface area (Å²) in [5.74, 6) is -21.6. The molecule has 0 aliphatic heterocycles. The number of carboxylic acids is 12. The van der Waals surface area contributed by atoms with Crippen molar-refractivity contribution in [1.29, 1.82) is 0 Å². The largest absolute Gasteiger partial charge is 6.00 e. The summed E-state index contributed by atoms with van der Waals surface area (Å²) in [6.45, 7) is 0. The zero-order chi connectivity index (χ0) is 54.1. The van der Waals surface area contributed by atoms with Gasteiger partial charge >= 0.3 is 42.1 Å². The molecule has 0 unspecified atom stereocenters. The fraction of sp³-hybridized carbons (Fsp3) is 0.250. The minimum atomic E-state index is -2.97. The molecule has 0 saturated heterocycles. The van der Waals surface area contributed by atoms with Crippen molar-refractivity contribution < 1.29 is 176 Å². The summed E-state index contributed by atoms with van der Waals surface area (Å²) >= 11 is 0. The average Bonchev–Trinajstić information content (AvgIpc) is 4.00. The first-order chi connectivity index (χ1) is 31.7. The number of nitrogens with zero attached hydrogens (tertiary/aromatic N) is 3. The fourth-order valence-electron chi connectivity index (χ4n) is 3.60. The fourth-order valence-corrected chi connectivity index (χ4v) is 3.60. The Labute approximate surface area is 422 Å². The molecule has 3 aromatic rings. The Morgan fingerprint density at radius 1 is 0.380 bits per heavy atom. The second-order valence-electron chi connectivity index (χ2n) is 12.2. The topological polar surface area (TPSA) is 628 Å². The van der Waals surface area contributed by atoms with E-state index in [0.717, 1.165) is 18.2 Å². The number of hydrogen-bond acceptors (Lipinski definition) is 30. The van der Waals surface area contributed by atoms with E-state index in [2.05, 4.69) is 29.9 Å². The molecular formula is C36H30Mo2N6O27. The summed E-state index contributed by atoms with van der Waals surface area (Å²) in [5, 5.41) is 146. The van der Waals surface area contributed by atoms with Gasteiger partial charge in [0, 0.05) is 92.9 Å². The molecule has 0 spiro atoms. The van der Waals surface area contributed by atoms with Gasteiger partial charge in [-0.15, -0.1) is 0 Å². The van der Waals surface area contributed by atoms with Gasteiger partial charge in [-0.1, -0.05) is 0 Å². The molecule has 3 heterocycles. The number of aromatic nitrogens is 6. The number of aromatic amines is 3. The molecule has 378 valence electrons. The molecule has 71 heavy (non-hydrogen) atoms. The second-order valence-corrected chi connectivity index (χ2v) is 12.2. The van der Waals surface area contributed by atoms with Crippen molar-refractivity contribution in [2.24, 2.45) is 0 Å². The molecule has 3 aromatic heterocycles. The van der Waals surface area contributed by atoms with Crippen LogP contribution >= 0.6 is 0 Å². The van der Waals surface area contributed by atoms with E-state index in [1.54, 1.807) is 18.6 Å². The number of aliphatic hydroxyl groups is 3. The number of rotatable bonds is 21. The summed E-state index contributed by atoms with van der Waals surface area (Å²) in [6.07, 6.45) is 7.84. The molecule has 0 saturated carbocycles. The average molecular weight is 1170 g/mol. The summed E-state index contributed by atoms with van der Waals surface area (Å²) in [4.78, 5) is 139. The molecule has 0 amide bonds. The smallest absolute Gasteiger partial charge is 0.550 e. The standard InChI is InChI=1S/3C6H6N2O2.3C6H8O7.2Mo/c3*9-6(10)2-1-5-3-7-4-8-5;3*7-3(8)1-6(13,5(11)12)2-4(9)10;;/h3*1-4H,(H,7,8)(H,9,10);3*13H,1-2H2,(H,7,8)(H,9,10)(H,11,12);;/q;;;;;;2*+6/p-12. The molecule has 0 aliphatic rings. The molecule has 0 aliphatic carbocycles. The maximum Gasteiger partial charge on any atom is 6.00 e. The van der Waals surface area contributed by atoms with Gasteiger partial charge < -0.3 is 149 Å². The zero-order valence-corrected chi connectivity index (χ0v) is 39.0. The van der Waals surface area contributed by atoms with E-state index in [-0.39, 0.29) is 42.1 Å². The van der Waals surface area contributed by atoms with Gasteiger partial charge in [0.15, 0.2) is 0 Å². The Kier molecular flexibility index (Phi) is 37.1. The van der Waals surface area contributed by atoms with Crippen LogP contribution in [-0.2, 0) is 99.7 Å². The van der Waals surface area contributed by atoms with Crippen molar-refractivity contribution in [2.75, 3.05) is 0 Å². The van der Waals surface area contributed by atoms with Crippen LogP contribution < -0.4 is 61.3 Å². The first kappa shape index (κ1) is 71.7. The third-order valence-corrected chi connectivity index (χ3v) is 6.49. The molecule has 0 radical (unpaired) electrons. The molecule has 0 aromatic carbocycles. The van der Waals surface area contributed by atoms with Crippen molar-refractivity contribution in [3.63, 3.8) is 0 Å². The molecule has 3 rings (SSSR count). The maximum atomic E-state index is 10.1. The van der Waals surface area contributed by atoms with Crippen molar-refractivity contribution in [2.45, 2.75) is 55.3 Å². The maximum absolute atomic E-state index is 10.1. The van der Waals surface area contributed by atoms with E-state index in [1.807, 2.05) is 0 Å². The van der Waals surface area contributed by atoms with Gasteiger partial charge in [-0.25, -0.2) is 15.0 Å². The Morgan fingerprint density at radius 2 is 0.549 bits per heavy atom. The van der Waals surface area contributed by atoms with E-state index in [0.29, 0.717) is 17.1 Å². The summed E-state index contributed by atoms with van der Waals surface area (Å²) in [7, 11) is 0. The number of nitrogens with one attached hydrogen (secondary N) is 3. The van der Waals surface area contributed by atoms with Crippen LogP contribution in [0, 0.1) is 0 Å². The van der Waals surface area contributed by atoms with Gasteiger partial charge in [0.2, 0.25) is 0 Å². The normalized spacial score (nSPS) is 10.4. The van der Waals surface area contributed by atoms with Crippen LogP contribution in [0.15, 0.2) is 55.8 Å². The Balaban J connectivity index is -0.000000245. The minimum Gasteiger partial charge on any atom is -0.550 e. The zero-order valence-electron chi connectivity index (χ0n) is 35.0. The molecule has 0 atom stereocenters. The van der Waals surface area contributed by atoms with Gasteiger partial charge in [0.1, 0.15) is 16.8 Å². The Morgan fingerprint density at radius 3 is 0.648 bits per heavy atom. The summed E-state index contributed by atoms with van der Waals surface area (Å²) < 4.78 is 0. The number of carbonyl (C=O) groups is 12. The van der Waals surface area contributed by atoms with Crippen LogP contribution in [0.3, 0.4) is 0 Å². The Bertz CT molecular complexity index is 1990. The predicted molar refractivity (Wildman–Crippen MR) is 186 cm³/mol. The molecular weight excluding hydrogens is 1140 g/mol. The van der Waals surface area contributed by atoms with E-state index in [1.165, 1.54) is 37.2 Å². The third kappa shape index (κ3) is 38.4. The van der Waals surface area contributed by atoms with E-state index in [9.17, 15) is 119 Å². The second kappa shape index (κ2) is 36.7. The number of carboxylic acid groups (broad SMARTS) is 12. The molecule has 33 nitrogen and oxygen atoms in total. The first-order valence-corrected chi connectivity index (χ1v) is 17.3. The van der Waals surface area contributed by atoms with Gasteiger partial charge in [-0.3, -0.25) is 0 Å². The number of H-pyrrole nitrogens is 3. The van der Waals surface area contributed by atoms with Crippen molar-refractivity contribution in [3.8, 4) is 0 Å². The SMILES string of the molecule is O=C([O-])C=Cc1c[nH]cn1.O=C([O-])C=Cc1c[nH]cn1.O=C([O-])C=Cc1c[nH]cn1.O=C([O-])CC(O)(CC(=O)[O-])C(=O)[O-].O=C([O-])CC(O)(CC(=O)[O-])C(=O)[O-].O=C([O-])CC(O)(CC(=O)[O-])C(=O)[O-].[Mo+6].[Mo+6]. The van der Waals surface area contributed by atoms with Crippen LogP contribution in [0.25, 0.3) is 18.2 Å². The predicted octanol–water partition coefficient (Wildman–Crippen LogP) is -18.2. The molecule has 0 bridgehead atoms. The van der Waals surface area contributed by atoms with Crippen LogP contribution in [0.1, 0.15) is 55.6 Å². The van der Waals surface area contributed by atoms with Crippen molar-refractivity contribution in [1.82, 2.24) is 29.9 Å². The number of aliphatic carboxylic acids is 12. The van der Waals surface area contributed by atoms with Gasteiger partial charge in [0.05, 0.1) is 71.9 Å². The first-order valence-electron chi connectivity index (χ1n) is 17.3. The number of carbonyl (C=O) groups excluding carboxylic acids is 12. The van der Waals surface area contributed by atoms with Crippen molar-refractivity contribution in [3.05, 3.63) is 72.9 Å². The summed E-state index contributed by atoms with van der Waals surface area (Å²) in [6, 6.07) is 0. The van der Waals surface area contributed by atoms with E-state index < -0.39 is 127 Å². The van der Waals surface area contributed by atoms with E-state index >= 15 is 0 Å². The molecule has 6 N–H and O–H groups in total. The summed E-state index contributed by atoms with van der Waals surface area (Å²) in [5.41, 5.74) is -7.20. The molecule has 0 fully saturated rings. The van der Waals surface area contributed by atoms with E-state index in [4.69, 9.17) is 15.3 Å². The number of imidazole rings is 3. The van der Waals surface area contributed by atoms with Crippen molar-refractivity contribution >= 4 is 89.9 Å². The van der Waals surface area contributed by atoms with Crippen LogP contribution in [0.2, 0.25) is 0 Å². The Hall–Kier alpha value is -8.25. The minimum absolute atomic E-state index is 0. The van der Waals surface area contributed by atoms with Gasteiger partial charge in [-0.05, 0) is 36.5 Å². The van der Waals surface area contributed by atoms with Crippen LogP contribution in [0.4, 0.5) is 0 Å². The van der Waals surface area contributed by atoms with Gasteiger partial charge in [-0.2, -0.15) is 0 Å². The number of hydrogen-bond donors (Lipinski definition) is 6. The monoisotopic (exact) mass is 1170 g/mol. The van der Waals surface area contributed by atoms with Crippen LogP contribution in [-0.4, -0.2) is 134 Å². The van der Waals surface area contributed by atoms with Gasteiger partial charge in [0.25, 0.3) is 0 Å². The molecule has 35 heteroatoms.